The molecule has 0 unspecified atom stereocenters. The molecule has 0 spiro atoms. The Balaban J connectivity index is 1.39. The Morgan fingerprint density at radius 3 is 2.52 bits per heavy atom. The molecule has 0 atom stereocenters. The minimum atomic E-state index is -0.0129. The summed E-state index contributed by atoms with van der Waals surface area (Å²) in [5, 5.41) is 2.02. The van der Waals surface area contributed by atoms with Crippen LogP contribution in [0.1, 0.15) is 21.5 Å². The lowest BCUT2D eigenvalue weighted by Crippen LogP contribution is -2.10. The highest BCUT2D eigenvalue weighted by Gasteiger charge is 2.16. The number of ketones is 1. The van der Waals surface area contributed by atoms with E-state index in [1.807, 2.05) is 42.5 Å². The molecule has 0 saturated heterocycles. The monoisotopic (exact) mass is 453 g/mol. The lowest BCUT2D eigenvalue weighted by Gasteiger charge is -2.12. The first-order valence-corrected chi connectivity index (χ1v) is 10.7. The van der Waals surface area contributed by atoms with Gasteiger partial charge in [-0.15, -0.1) is 0 Å². The van der Waals surface area contributed by atoms with E-state index in [1.165, 1.54) is 0 Å². The summed E-state index contributed by atoms with van der Waals surface area (Å²) in [6.07, 6.45) is 1.92. The van der Waals surface area contributed by atoms with Gasteiger partial charge in [0, 0.05) is 44.7 Å². The molecule has 4 nitrogen and oxygen atoms in total. The van der Waals surface area contributed by atoms with Crippen LogP contribution in [0.3, 0.4) is 0 Å². The lowest BCUT2D eigenvalue weighted by atomic mass is 10.0. The highest BCUT2D eigenvalue weighted by molar-refractivity contribution is 6.31. The van der Waals surface area contributed by atoms with Gasteiger partial charge in [-0.1, -0.05) is 65.7 Å². The molecule has 31 heavy (non-hydrogen) atoms. The Morgan fingerprint density at radius 2 is 1.68 bits per heavy atom. The minimum absolute atomic E-state index is 0.0129. The zero-order valence-electron chi connectivity index (χ0n) is 16.7. The number of aromatic amines is 1. The van der Waals surface area contributed by atoms with E-state index >= 15 is 0 Å². The predicted octanol–water partition coefficient (Wildman–Crippen LogP) is 6.50. The average Bonchev–Trinajstić information content (AvgIpc) is 3.19. The summed E-state index contributed by atoms with van der Waals surface area (Å²) in [6, 6.07) is 20.7. The van der Waals surface area contributed by atoms with Crippen LogP contribution in [-0.2, 0) is 17.8 Å². The summed E-state index contributed by atoms with van der Waals surface area (Å²) in [5.74, 6) is 0.577. The molecule has 0 aliphatic heterocycles. The van der Waals surface area contributed by atoms with Gasteiger partial charge in [0.15, 0.2) is 5.78 Å². The second-order valence-electron chi connectivity index (χ2n) is 7.13. The Hall–Kier alpha value is -2.79. The molecule has 1 heterocycles. The summed E-state index contributed by atoms with van der Waals surface area (Å²) in [4.78, 5) is 16.1. The van der Waals surface area contributed by atoms with Crippen molar-refractivity contribution in [1.82, 2.24) is 4.98 Å². The third-order valence-electron chi connectivity index (χ3n) is 4.92. The van der Waals surface area contributed by atoms with Gasteiger partial charge in [0.05, 0.1) is 13.2 Å². The van der Waals surface area contributed by atoms with Crippen molar-refractivity contribution in [3.63, 3.8) is 0 Å². The lowest BCUT2D eigenvalue weighted by molar-refractivity contribution is 0.0883. The molecule has 0 fully saturated rings. The minimum Gasteiger partial charge on any atom is -0.491 e. The molecule has 4 aromatic rings. The number of rotatable bonds is 9. The standard InChI is InChI=1S/C25H21Cl2NO3/c26-19-8-9-21-22(15-28-23(21)13-19)24(29)12-18-6-7-20(27)14-25(18)31-11-10-30-16-17-4-2-1-3-5-17/h1-9,13-15,28H,10-12,16H2. The van der Waals surface area contributed by atoms with Crippen LogP contribution in [0, 0.1) is 0 Å². The van der Waals surface area contributed by atoms with Crippen molar-refractivity contribution in [2.24, 2.45) is 0 Å². The largest absolute Gasteiger partial charge is 0.491 e. The Morgan fingerprint density at radius 1 is 0.903 bits per heavy atom. The van der Waals surface area contributed by atoms with E-state index in [9.17, 15) is 4.79 Å². The van der Waals surface area contributed by atoms with Crippen LogP contribution in [0.4, 0.5) is 0 Å². The third-order valence-corrected chi connectivity index (χ3v) is 5.39. The number of hydrogen-bond donors (Lipinski definition) is 1. The van der Waals surface area contributed by atoms with Crippen molar-refractivity contribution in [3.8, 4) is 5.75 Å². The molecule has 0 bridgehead atoms. The molecule has 1 aromatic heterocycles. The number of nitrogens with one attached hydrogen (secondary N) is 1. The number of halogens is 2. The predicted molar refractivity (Wildman–Crippen MR) is 124 cm³/mol. The van der Waals surface area contributed by atoms with E-state index in [4.69, 9.17) is 32.7 Å². The van der Waals surface area contributed by atoms with Crippen LogP contribution in [0.25, 0.3) is 10.9 Å². The van der Waals surface area contributed by atoms with Gasteiger partial charge in [0.1, 0.15) is 12.4 Å². The van der Waals surface area contributed by atoms with E-state index in [-0.39, 0.29) is 12.2 Å². The van der Waals surface area contributed by atoms with Gasteiger partial charge in [0.25, 0.3) is 0 Å². The van der Waals surface area contributed by atoms with Crippen molar-refractivity contribution < 1.29 is 14.3 Å². The molecule has 158 valence electrons. The van der Waals surface area contributed by atoms with E-state index < -0.39 is 0 Å². The maximum Gasteiger partial charge on any atom is 0.169 e. The average molecular weight is 454 g/mol. The molecule has 1 N–H and O–H groups in total. The fraction of sp³-hybridized carbons (Fsp3) is 0.160. The van der Waals surface area contributed by atoms with Crippen LogP contribution in [0.2, 0.25) is 10.0 Å². The molecule has 0 aliphatic carbocycles. The first-order chi connectivity index (χ1) is 15.1. The summed E-state index contributed by atoms with van der Waals surface area (Å²) >= 11 is 12.2. The summed E-state index contributed by atoms with van der Waals surface area (Å²) in [7, 11) is 0. The number of H-pyrrole nitrogens is 1. The van der Waals surface area contributed by atoms with Crippen LogP contribution >= 0.6 is 23.2 Å². The van der Waals surface area contributed by atoms with Crippen LogP contribution in [-0.4, -0.2) is 24.0 Å². The van der Waals surface area contributed by atoms with Gasteiger partial charge in [-0.3, -0.25) is 4.79 Å². The maximum atomic E-state index is 13.0. The van der Waals surface area contributed by atoms with Gasteiger partial charge in [0.2, 0.25) is 0 Å². The molecule has 4 rings (SSSR count). The zero-order valence-corrected chi connectivity index (χ0v) is 18.2. The summed E-state index contributed by atoms with van der Waals surface area (Å²) in [5.41, 5.74) is 3.34. The van der Waals surface area contributed by atoms with E-state index in [2.05, 4.69) is 4.98 Å². The number of carbonyl (C=O) groups excluding carboxylic acids is 1. The molecule has 0 aliphatic rings. The second-order valence-corrected chi connectivity index (χ2v) is 8.00. The molecular weight excluding hydrogens is 433 g/mol. The second kappa shape index (κ2) is 10.0. The van der Waals surface area contributed by atoms with Crippen molar-refractivity contribution in [1.29, 1.82) is 0 Å². The van der Waals surface area contributed by atoms with Crippen LogP contribution < -0.4 is 4.74 Å². The molecular formula is C25H21Cl2NO3. The number of ether oxygens (including phenoxy) is 2. The van der Waals surface area contributed by atoms with Crippen molar-refractivity contribution in [2.75, 3.05) is 13.2 Å². The molecule has 6 heteroatoms. The third kappa shape index (κ3) is 5.47. The molecule has 0 radical (unpaired) electrons. The number of carbonyl (C=O) groups is 1. The van der Waals surface area contributed by atoms with Crippen LogP contribution in [0.15, 0.2) is 72.9 Å². The Bertz CT molecular complexity index is 1190. The number of benzene rings is 3. The molecule has 0 amide bonds. The Labute approximate surface area is 190 Å². The van der Waals surface area contributed by atoms with Crippen molar-refractivity contribution >= 4 is 39.9 Å². The summed E-state index contributed by atoms with van der Waals surface area (Å²) in [6.45, 7) is 1.31. The highest BCUT2D eigenvalue weighted by Crippen LogP contribution is 2.27. The zero-order chi connectivity index (χ0) is 21.6. The number of Topliss-reactive ketones (excluding diaryl/α,β-unsaturated/α-hetero) is 1. The van der Waals surface area contributed by atoms with E-state index in [0.717, 1.165) is 22.0 Å². The highest BCUT2D eigenvalue weighted by atomic mass is 35.5. The van der Waals surface area contributed by atoms with Gasteiger partial charge >= 0.3 is 0 Å². The first-order valence-electron chi connectivity index (χ1n) is 9.93. The topological polar surface area (TPSA) is 51.3 Å². The van der Waals surface area contributed by atoms with Crippen LogP contribution in [0.5, 0.6) is 5.75 Å². The van der Waals surface area contributed by atoms with Crippen molar-refractivity contribution in [2.45, 2.75) is 13.0 Å². The fourth-order valence-corrected chi connectivity index (χ4v) is 3.72. The fourth-order valence-electron chi connectivity index (χ4n) is 3.38. The quantitative estimate of drug-likeness (QED) is 0.232. The van der Waals surface area contributed by atoms with Gasteiger partial charge < -0.3 is 14.5 Å². The SMILES string of the molecule is O=C(Cc1ccc(Cl)cc1OCCOCc1ccccc1)c1c[nH]c2cc(Cl)ccc12. The van der Waals surface area contributed by atoms with Crippen molar-refractivity contribution in [3.05, 3.63) is 99.7 Å². The number of aromatic nitrogens is 1. The van der Waals surface area contributed by atoms with Gasteiger partial charge in [-0.25, -0.2) is 0 Å². The van der Waals surface area contributed by atoms with E-state index in [1.54, 1.807) is 30.5 Å². The Kier molecular flexibility index (Phi) is 6.92. The van der Waals surface area contributed by atoms with Gasteiger partial charge in [-0.2, -0.15) is 0 Å². The smallest absolute Gasteiger partial charge is 0.169 e. The summed E-state index contributed by atoms with van der Waals surface area (Å²) < 4.78 is 11.6. The normalized spacial score (nSPS) is 11.0. The first kappa shape index (κ1) is 21.4. The number of fused-ring (bicyclic) bond motifs is 1. The van der Waals surface area contributed by atoms with E-state index in [0.29, 0.717) is 41.2 Å². The van der Waals surface area contributed by atoms with Gasteiger partial charge in [-0.05, 0) is 29.8 Å². The molecule has 3 aromatic carbocycles. The maximum absolute atomic E-state index is 13.0. The molecule has 0 saturated carbocycles. The number of hydrogen-bond acceptors (Lipinski definition) is 3.